The van der Waals surface area contributed by atoms with Gasteiger partial charge in [0.25, 0.3) is 0 Å². The predicted molar refractivity (Wildman–Crippen MR) is 103 cm³/mol. The van der Waals surface area contributed by atoms with Crippen LogP contribution in [0, 0.1) is 13.8 Å². The third kappa shape index (κ3) is 3.23. The standard InChI is InChI=1S/C19H17N3S2/c1-12-3-6-14(7-4-12)18-20-15(10-23-18)11-24-19-21-16-8-5-13(2)9-17(16)22-19/h3-10H,11H2,1-2H3,(H,21,22). The molecule has 0 fully saturated rings. The number of hydrogen-bond acceptors (Lipinski definition) is 4. The normalized spacial score (nSPS) is 11.2. The first-order valence-corrected chi connectivity index (χ1v) is 9.64. The summed E-state index contributed by atoms with van der Waals surface area (Å²) in [5.74, 6) is 0.821. The Labute approximate surface area is 149 Å². The number of thioether (sulfide) groups is 1. The Balaban J connectivity index is 1.48. The van der Waals surface area contributed by atoms with Gasteiger partial charge in [-0.15, -0.1) is 11.3 Å². The zero-order chi connectivity index (χ0) is 16.5. The molecule has 2 heterocycles. The van der Waals surface area contributed by atoms with Crippen molar-refractivity contribution in [3.63, 3.8) is 0 Å². The Morgan fingerprint density at radius 1 is 1.00 bits per heavy atom. The highest BCUT2D eigenvalue weighted by Crippen LogP contribution is 2.28. The Hall–Kier alpha value is -2.11. The molecule has 0 saturated heterocycles. The van der Waals surface area contributed by atoms with Crippen LogP contribution in [-0.4, -0.2) is 15.0 Å². The smallest absolute Gasteiger partial charge is 0.166 e. The number of H-pyrrole nitrogens is 1. The van der Waals surface area contributed by atoms with Crippen molar-refractivity contribution in [2.24, 2.45) is 0 Å². The Kier molecular flexibility index (Phi) is 4.12. The topological polar surface area (TPSA) is 41.6 Å². The van der Waals surface area contributed by atoms with Gasteiger partial charge in [-0.1, -0.05) is 47.7 Å². The van der Waals surface area contributed by atoms with Crippen LogP contribution in [0.5, 0.6) is 0 Å². The molecule has 0 atom stereocenters. The van der Waals surface area contributed by atoms with E-state index in [1.54, 1.807) is 23.1 Å². The van der Waals surface area contributed by atoms with Gasteiger partial charge in [-0.05, 0) is 31.5 Å². The molecule has 0 aliphatic heterocycles. The largest absolute Gasteiger partial charge is 0.333 e. The van der Waals surface area contributed by atoms with E-state index in [9.17, 15) is 0 Å². The number of aryl methyl sites for hydroxylation is 2. The van der Waals surface area contributed by atoms with Crippen LogP contribution in [0.1, 0.15) is 16.8 Å². The SMILES string of the molecule is Cc1ccc(-c2nc(CSc3nc4ccc(C)cc4[nH]3)cs2)cc1. The fraction of sp³-hybridized carbons (Fsp3) is 0.158. The van der Waals surface area contributed by atoms with E-state index in [0.29, 0.717) is 0 Å². The summed E-state index contributed by atoms with van der Waals surface area (Å²) in [5, 5.41) is 4.15. The van der Waals surface area contributed by atoms with Crippen LogP contribution < -0.4 is 0 Å². The van der Waals surface area contributed by atoms with Crippen molar-refractivity contribution < 1.29 is 0 Å². The van der Waals surface area contributed by atoms with Crippen LogP contribution in [0.2, 0.25) is 0 Å². The fourth-order valence-corrected chi connectivity index (χ4v) is 4.22. The second-order valence-corrected chi connectivity index (χ2v) is 7.68. The van der Waals surface area contributed by atoms with Crippen LogP contribution in [0.3, 0.4) is 0 Å². The molecule has 0 unspecified atom stereocenters. The van der Waals surface area contributed by atoms with Gasteiger partial charge in [0.15, 0.2) is 5.16 Å². The maximum Gasteiger partial charge on any atom is 0.166 e. The van der Waals surface area contributed by atoms with E-state index in [-0.39, 0.29) is 0 Å². The third-order valence-electron chi connectivity index (χ3n) is 3.82. The first-order valence-electron chi connectivity index (χ1n) is 7.78. The summed E-state index contributed by atoms with van der Waals surface area (Å²) in [7, 11) is 0. The van der Waals surface area contributed by atoms with Crippen molar-refractivity contribution in [3.05, 3.63) is 64.7 Å². The van der Waals surface area contributed by atoms with E-state index >= 15 is 0 Å². The molecule has 0 saturated carbocycles. The van der Waals surface area contributed by atoms with E-state index in [1.165, 1.54) is 16.7 Å². The summed E-state index contributed by atoms with van der Waals surface area (Å²) in [6, 6.07) is 14.8. The van der Waals surface area contributed by atoms with Gasteiger partial charge < -0.3 is 4.98 Å². The molecule has 0 aliphatic rings. The lowest BCUT2D eigenvalue weighted by Gasteiger charge is -1.97. The lowest BCUT2D eigenvalue weighted by molar-refractivity contribution is 1.07. The number of thiazole rings is 1. The molecule has 0 radical (unpaired) electrons. The zero-order valence-corrected chi connectivity index (χ0v) is 15.2. The number of fused-ring (bicyclic) bond motifs is 1. The van der Waals surface area contributed by atoms with Crippen LogP contribution >= 0.6 is 23.1 Å². The van der Waals surface area contributed by atoms with E-state index in [0.717, 1.165) is 32.6 Å². The van der Waals surface area contributed by atoms with Crippen molar-refractivity contribution in [2.75, 3.05) is 0 Å². The van der Waals surface area contributed by atoms with Gasteiger partial charge >= 0.3 is 0 Å². The van der Waals surface area contributed by atoms with Crippen molar-refractivity contribution in [3.8, 4) is 10.6 Å². The number of benzene rings is 2. The molecule has 120 valence electrons. The highest BCUT2D eigenvalue weighted by molar-refractivity contribution is 7.98. The molecule has 0 bridgehead atoms. The molecule has 4 rings (SSSR count). The maximum absolute atomic E-state index is 4.75. The number of nitrogens with one attached hydrogen (secondary N) is 1. The van der Waals surface area contributed by atoms with Crippen molar-refractivity contribution in [1.29, 1.82) is 0 Å². The average Bonchev–Trinajstić information content (AvgIpc) is 3.19. The molecule has 0 aliphatic carbocycles. The summed E-state index contributed by atoms with van der Waals surface area (Å²) < 4.78 is 0. The van der Waals surface area contributed by atoms with E-state index < -0.39 is 0 Å². The Morgan fingerprint density at radius 3 is 2.62 bits per heavy atom. The van der Waals surface area contributed by atoms with Crippen LogP contribution in [-0.2, 0) is 5.75 Å². The zero-order valence-electron chi connectivity index (χ0n) is 13.5. The Bertz CT molecular complexity index is 983. The molecule has 0 spiro atoms. The minimum atomic E-state index is 0.821. The van der Waals surface area contributed by atoms with Gasteiger partial charge in [-0.25, -0.2) is 9.97 Å². The first-order chi connectivity index (χ1) is 11.7. The number of nitrogens with zero attached hydrogens (tertiary/aromatic N) is 2. The molecule has 0 amide bonds. The quantitative estimate of drug-likeness (QED) is 0.487. The minimum Gasteiger partial charge on any atom is -0.333 e. The van der Waals surface area contributed by atoms with E-state index in [1.807, 2.05) is 0 Å². The molecular formula is C19H17N3S2. The van der Waals surface area contributed by atoms with Crippen molar-refractivity contribution in [1.82, 2.24) is 15.0 Å². The van der Waals surface area contributed by atoms with Gasteiger partial charge in [0, 0.05) is 16.7 Å². The molecule has 2 aromatic heterocycles. The summed E-state index contributed by atoms with van der Waals surface area (Å²) in [6.45, 7) is 4.19. The van der Waals surface area contributed by atoms with Crippen LogP contribution in [0.4, 0.5) is 0 Å². The Morgan fingerprint density at radius 2 is 1.79 bits per heavy atom. The van der Waals surface area contributed by atoms with Crippen molar-refractivity contribution in [2.45, 2.75) is 24.8 Å². The highest BCUT2D eigenvalue weighted by Gasteiger charge is 2.08. The summed E-state index contributed by atoms with van der Waals surface area (Å²) in [4.78, 5) is 12.8. The van der Waals surface area contributed by atoms with E-state index in [4.69, 9.17) is 4.98 Å². The molecule has 1 N–H and O–H groups in total. The molecule has 5 heteroatoms. The van der Waals surface area contributed by atoms with Crippen molar-refractivity contribution >= 4 is 34.1 Å². The molecular weight excluding hydrogens is 334 g/mol. The monoisotopic (exact) mass is 351 g/mol. The fourth-order valence-electron chi connectivity index (χ4n) is 2.51. The van der Waals surface area contributed by atoms with Gasteiger partial charge in [0.2, 0.25) is 0 Å². The number of aromatic nitrogens is 3. The molecule has 2 aromatic carbocycles. The van der Waals surface area contributed by atoms with Crippen LogP contribution in [0.25, 0.3) is 21.6 Å². The maximum atomic E-state index is 4.75. The average molecular weight is 352 g/mol. The van der Waals surface area contributed by atoms with Gasteiger partial charge in [0.1, 0.15) is 5.01 Å². The highest BCUT2D eigenvalue weighted by atomic mass is 32.2. The molecule has 24 heavy (non-hydrogen) atoms. The van der Waals surface area contributed by atoms with Gasteiger partial charge in [0.05, 0.1) is 16.7 Å². The van der Waals surface area contributed by atoms with Gasteiger partial charge in [-0.3, -0.25) is 0 Å². The predicted octanol–water partition coefficient (Wildman–Crippen LogP) is 5.60. The number of aromatic amines is 1. The molecule has 3 nitrogen and oxygen atoms in total. The first kappa shape index (κ1) is 15.4. The number of rotatable bonds is 4. The lowest BCUT2D eigenvalue weighted by Crippen LogP contribution is -1.83. The van der Waals surface area contributed by atoms with Crippen LogP contribution in [0.15, 0.2) is 53.0 Å². The second-order valence-electron chi connectivity index (χ2n) is 5.86. The minimum absolute atomic E-state index is 0.821. The molecule has 4 aromatic rings. The number of imidazole rings is 1. The summed E-state index contributed by atoms with van der Waals surface area (Å²) in [5.41, 5.74) is 6.90. The second kappa shape index (κ2) is 6.42. The van der Waals surface area contributed by atoms with Gasteiger partial charge in [-0.2, -0.15) is 0 Å². The summed E-state index contributed by atoms with van der Waals surface area (Å²) in [6.07, 6.45) is 0. The summed E-state index contributed by atoms with van der Waals surface area (Å²) >= 11 is 3.39. The van der Waals surface area contributed by atoms with E-state index in [2.05, 4.69) is 71.7 Å². The third-order valence-corrected chi connectivity index (χ3v) is 5.67. The lowest BCUT2D eigenvalue weighted by atomic mass is 10.2. The number of hydrogen-bond donors (Lipinski definition) is 1.